The van der Waals surface area contributed by atoms with Crippen molar-refractivity contribution in [2.24, 2.45) is 0 Å². The van der Waals surface area contributed by atoms with Crippen molar-refractivity contribution in [1.82, 2.24) is 9.88 Å². The Hall–Kier alpha value is -2.01. The summed E-state index contributed by atoms with van der Waals surface area (Å²) in [5, 5.41) is 20.2. The van der Waals surface area contributed by atoms with Crippen LogP contribution in [0.1, 0.15) is 35.0 Å². The lowest BCUT2D eigenvalue weighted by Crippen LogP contribution is -2.12. The van der Waals surface area contributed by atoms with Crippen LogP contribution < -0.4 is 0 Å². The number of rotatable bonds is 5. The van der Waals surface area contributed by atoms with Crippen LogP contribution in [0.25, 0.3) is 10.9 Å². The minimum Gasteiger partial charge on any atom is -0.508 e. The van der Waals surface area contributed by atoms with Crippen molar-refractivity contribution in [2.75, 3.05) is 14.1 Å². The predicted octanol–water partition coefficient (Wildman–Crippen LogP) is 2.59. The summed E-state index contributed by atoms with van der Waals surface area (Å²) < 4.78 is 0. The molecule has 0 saturated carbocycles. The van der Waals surface area contributed by atoms with Crippen molar-refractivity contribution >= 4 is 16.9 Å². The Morgan fingerprint density at radius 3 is 2.60 bits per heavy atom. The number of phenolic OH excluding ortho intramolecular Hbond substituents is 1. The van der Waals surface area contributed by atoms with E-state index in [1.165, 1.54) is 0 Å². The number of aromatic amines is 1. The predicted molar refractivity (Wildman–Crippen MR) is 78.3 cm³/mol. The number of carboxylic acids is 1. The molecular formula is C15H20N2O3. The van der Waals surface area contributed by atoms with E-state index in [-0.39, 0.29) is 11.3 Å². The second kappa shape index (κ2) is 5.54. The molecule has 0 radical (unpaired) electrons. The second-order valence-corrected chi connectivity index (χ2v) is 5.26. The number of aromatic nitrogens is 1. The maximum Gasteiger partial charge on any atom is 0.338 e. The summed E-state index contributed by atoms with van der Waals surface area (Å²) in [6.07, 6.45) is 1.54. The number of hydrogen-bond acceptors (Lipinski definition) is 3. The third kappa shape index (κ3) is 2.49. The van der Waals surface area contributed by atoms with Gasteiger partial charge < -0.3 is 20.1 Å². The van der Waals surface area contributed by atoms with Gasteiger partial charge in [-0.1, -0.05) is 13.3 Å². The van der Waals surface area contributed by atoms with Crippen molar-refractivity contribution in [3.63, 3.8) is 0 Å². The lowest BCUT2D eigenvalue weighted by molar-refractivity contribution is 0.0698. The minimum atomic E-state index is -0.953. The molecule has 108 valence electrons. The quantitative estimate of drug-likeness (QED) is 0.784. The van der Waals surface area contributed by atoms with Gasteiger partial charge in [-0.3, -0.25) is 0 Å². The molecule has 1 heterocycles. The Bertz CT molecular complexity index is 644. The summed E-state index contributed by atoms with van der Waals surface area (Å²) in [7, 11) is 3.77. The fraction of sp³-hybridized carbons (Fsp3) is 0.400. The van der Waals surface area contributed by atoms with Gasteiger partial charge in [0, 0.05) is 28.7 Å². The van der Waals surface area contributed by atoms with Gasteiger partial charge in [0.25, 0.3) is 0 Å². The normalized spacial score (nSPS) is 11.4. The van der Waals surface area contributed by atoms with Gasteiger partial charge in [0.1, 0.15) is 5.75 Å². The summed E-state index contributed by atoms with van der Waals surface area (Å²) in [6, 6.07) is 3.34. The molecule has 20 heavy (non-hydrogen) atoms. The highest BCUT2D eigenvalue weighted by molar-refractivity contribution is 6.06. The number of H-pyrrole nitrogens is 1. The minimum absolute atomic E-state index is 0.135. The van der Waals surface area contributed by atoms with E-state index >= 15 is 0 Å². The summed E-state index contributed by atoms with van der Waals surface area (Å²) in [5.41, 5.74) is 2.43. The molecule has 0 aliphatic heterocycles. The van der Waals surface area contributed by atoms with Gasteiger partial charge in [-0.25, -0.2) is 4.79 Å². The van der Waals surface area contributed by atoms with Crippen LogP contribution in [-0.2, 0) is 13.0 Å². The SMILES string of the molecule is CCCc1[nH]c2ccc(O)c(CN(C)C)c2c1C(=O)O. The number of carbonyl (C=O) groups is 1. The number of aromatic carboxylic acids is 1. The van der Waals surface area contributed by atoms with Crippen LogP contribution in [0.3, 0.4) is 0 Å². The molecule has 0 unspecified atom stereocenters. The number of carboxylic acid groups (broad SMARTS) is 1. The highest BCUT2D eigenvalue weighted by Crippen LogP contribution is 2.33. The first-order valence-corrected chi connectivity index (χ1v) is 6.69. The van der Waals surface area contributed by atoms with E-state index in [2.05, 4.69) is 4.98 Å². The molecule has 5 nitrogen and oxygen atoms in total. The average molecular weight is 276 g/mol. The zero-order valence-electron chi connectivity index (χ0n) is 12.0. The second-order valence-electron chi connectivity index (χ2n) is 5.26. The highest BCUT2D eigenvalue weighted by atomic mass is 16.4. The van der Waals surface area contributed by atoms with Crippen molar-refractivity contribution in [3.8, 4) is 5.75 Å². The number of aromatic hydroxyl groups is 1. The molecule has 0 aliphatic rings. The Balaban J connectivity index is 2.76. The number of aryl methyl sites for hydroxylation is 1. The van der Waals surface area contributed by atoms with Crippen LogP contribution in [0.5, 0.6) is 5.75 Å². The number of fused-ring (bicyclic) bond motifs is 1. The monoisotopic (exact) mass is 276 g/mol. The Morgan fingerprint density at radius 1 is 1.35 bits per heavy atom. The Kier molecular flexibility index (Phi) is 3.99. The molecule has 0 saturated heterocycles. The molecule has 1 aromatic carbocycles. The van der Waals surface area contributed by atoms with Gasteiger partial charge in [-0.15, -0.1) is 0 Å². The van der Waals surface area contributed by atoms with E-state index < -0.39 is 5.97 Å². The lowest BCUT2D eigenvalue weighted by atomic mass is 10.0. The molecule has 2 rings (SSSR count). The van der Waals surface area contributed by atoms with Gasteiger partial charge in [0.2, 0.25) is 0 Å². The van der Waals surface area contributed by atoms with E-state index in [1.807, 2.05) is 25.9 Å². The largest absolute Gasteiger partial charge is 0.508 e. The summed E-state index contributed by atoms with van der Waals surface area (Å²) in [5.74, 6) is -0.818. The van der Waals surface area contributed by atoms with Gasteiger partial charge in [0.15, 0.2) is 0 Å². The van der Waals surface area contributed by atoms with E-state index in [0.29, 0.717) is 23.9 Å². The molecule has 5 heteroatoms. The van der Waals surface area contributed by atoms with Crippen molar-refractivity contribution in [3.05, 3.63) is 29.0 Å². The number of benzene rings is 1. The first kappa shape index (κ1) is 14.4. The summed E-state index contributed by atoms with van der Waals surface area (Å²) in [6.45, 7) is 2.50. The van der Waals surface area contributed by atoms with E-state index in [9.17, 15) is 15.0 Å². The lowest BCUT2D eigenvalue weighted by Gasteiger charge is -2.13. The number of hydrogen-bond donors (Lipinski definition) is 3. The molecule has 0 atom stereocenters. The van der Waals surface area contributed by atoms with Gasteiger partial charge in [-0.05, 0) is 32.6 Å². The molecule has 2 aromatic rings. The van der Waals surface area contributed by atoms with Crippen LogP contribution >= 0.6 is 0 Å². The van der Waals surface area contributed by atoms with Gasteiger partial charge in [0.05, 0.1) is 5.56 Å². The maximum atomic E-state index is 11.6. The fourth-order valence-corrected chi connectivity index (χ4v) is 2.55. The van der Waals surface area contributed by atoms with E-state index in [0.717, 1.165) is 17.6 Å². The van der Waals surface area contributed by atoms with Crippen LogP contribution in [0, 0.1) is 0 Å². The molecule has 0 fully saturated rings. The average Bonchev–Trinajstić information content (AvgIpc) is 2.71. The standard InChI is InChI=1S/C15H20N2O3/c1-4-5-10-14(15(19)20)13-9(8-17(2)3)12(18)7-6-11(13)16-10/h6-7,16,18H,4-5,8H2,1-3H3,(H,19,20). The van der Waals surface area contributed by atoms with E-state index in [4.69, 9.17) is 0 Å². The number of phenols is 1. The van der Waals surface area contributed by atoms with Crippen LogP contribution in [-0.4, -0.2) is 40.2 Å². The Labute approximate surface area is 117 Å². The number of nitrogens with zero attached hydrogens (tertiary/aromatic N) is 1. The topological polar surface area (TPSA) is 76.6 Å². The molecular weight excluding hydrogens is 256 g/mol. The molecule has 1 aromatic heterocycles. The van der Waals surface area contributed by atoms with Gasteiger partial charge in [-0.2, -0.15) is 0 Å². The smallest absolute Gasteiger partial charge is 0.338 e. The molecule has 0 bridgehead atoms. The molecule has 0 amide bonds. The van der Waals surface area contributed by atoms with E-state index in [1.54, 1.807) is 12.1 Å². The highest BCUT2D eigenvalue weighted by Gasteiger charge is 2.21. The van der Waals surface area contributed by atoms with Crippen molar-refractivity contribution in [1.29, 1.82) is 0 Å². The first-order valence-electron chi connectivity index (χ1n) is 6.69. The van der Waals surface area contributed by atoms with Crippen LogP contribution in [0.15, 0.2) is 12.1 Å². The van der Waals surface area contributed by atoms with Gasteiger partial charge >= 0.3 is 5.97 Å². The zero-order valence-corrected chi connectivity index (χ0v) is 12.0. The summed E-state index contributed by atoms with van der Waals surface area (Å²) >= 11 is 0. The molecule has 3 N–H and O–H groups in total. The molecule has 0 spiro atoms. The summed E-state index contributed by atoms with van der Waals surface area (Å²) in [4.78, 5) is 16.7. The molecule has 0 aliphatic carbocycles. The van der Waals surface area contributed by atoms with Crippen LogP contribution in [0.2, 0.25) is 0 Å². The number of nitrogens with one attached hydrogen (secondary N) is 1. The van der Waals surface area contributed by atoms with Crippen molar-refractivity contribution in [2.45, 2.75) is 26.3 Å². The van der Waals surface area contributed by atoms with Crippen molar-refractivity contribution < 1.29 is 15.0 Å². The first-order chi connectivity index (χ1) is 9.45. The third-order valence-electron chi connectivity index (χ3n) is 3.31. The van der Waals surface area contributed by atoms with Crippen LogP contribution in [0.4, 0.5) is 0 Å². The zero-order chi connectivity index (χ0) is 14.9. The Morgan fingerprint density at radius 2 is 2.05 bits per heavy atom. The maximum absolute atomic E-state index is 11.6. The fourth-order valence-electron chi connectivity index (χ4n) is 2.55. The third-order valence-corrected chi connectivity index (χ3v) is 3.31.